The van der Waals surface area contributed by atoms with Crippen LogP contribution in [0.5, 0.6) is 0 Å². The van der Waals surface area contributed by atoms with Gasteiger partial charge in [-0.3, -0.25) is 4.90 Å². The molecule has 2 heterocycles. The highest BCUT2D eigenvalue weighted by Gasteiger charge is 2.85. The molecule has 0 aromatic heterocycles. The van der Waals surface area contributed by atoms with E-state index < -0.39 is 23.3 Å². The number of likely N-dealkylation sites (tertiary alicyclic amines) is 1. The average molecular weight is 672 g/mol. The summed E-state index contributed by atoms with van der Waals surface area (Å²) in [5.41, 5.74) is 5.98. The summed E-state index contributed by atoms with van der Waals surface area (Å²) in [7, 11) is 0. The van der Waals surface area contributed by atoms with Crippen molar-refractivity contribution in [1.29, 1.82) is 0 Å². The van der Waals surface area contributed by atoms with Gasteiger partial charge >= 0.3 is 6.09 Å². The molecule has 9 nitrogen and oxygen atoms in total. The maximum Gasteiger partial charge on any atom is 0.407 e. The van der Waals surface area contributed by atoms with Crippen LogP contribution in [0.3, 0.4) is 0 Å². The monoisotopic (exact) mass is 671 g/mol. The summed E-state index contributed by atoms with van der Waals surface area (Å²) in [5.74, 6) is 1.16. The normalized spacial score (nSPS) is 50.4. The summed E-state index contributed by atoms with van der Waals surface area (Å²) in [6.45, 7) is 17.3. The first kappa shape index (κ1) is 34.1. The van der Waals surface area contributed by atoms with Gasteiger partial charge in [0.05, 0.1) is 35.5 Å². The summed E-state index contributed by atoms with van der Waals surface area (Å²) in [6, 6.07) is 0.937. The van der Waals surface area contributed by atoms with Gasteiger partial charge in [0.1, 0.15) is 12.2 Å². The van der Waals surface area contributed by atoms with Crippen LogP contribution in [-0.4, -0.2) is 94.6 Å². The van der Waals surface area contributed by atoms with E-state index in [4.69, 9.17) is 19.9 Å². The summed E-state index contributed by atoms with van der Waals surface area (Å²) in [6.07, 6.45) is 9.87. The molecule has 6 saturated carbocycles. The minimum atomic E-state index is -1.05. The molecule has 13 unspecified atom stereocenters. The molecule has 5 N–H and O–H groups in total. The SMILES string of the molecule is CCOC(C1CC(C)C2C(O1)C(O)C1(N)C3CCC4C(C)(C)C(OC(=O)NC5CN(C6CCC6)C5)CCC45CC35CCC21C)C(C)(C)O. The Bertz CT molecular complexity index is 1280. The molecule has 0 aromatic rings. The smallest absolute Gasteiger partial charge is 0.407 e. The molecule has 0 bridgehead atoms. The Kier molecular flexibility index (Phi) is 7.84. The van der Waals surface area contributed by atoms with Gasteiger partial charge in [0.25, 0.3) is 0 Å². The Hall–Kier alpha value is -0.970. The standard InChI is InChI=1S/C39H65N3O6/c1-8-46-32(35(5,6)45)25-18-22(2)29-30(47-25)31(43)39(40)27-13-12-26-34(3,4)28(14-15-37(26)21-38(27,37)17-16-36(29,39)7)48-33(44)41-23-19-42(20-23)24-10-9-11-24/h22-32,43,45H,8-21,40H2,1-7H3,(H,41,44). The Balaban J connectivity index is 0.988. The lowest BCUT2D eigenvalue weighted by Gasteiger charge is -2.63. The Morgan fingerprint density at radius 1 is 1.06 bits per heavy atom. The first-order chi connectivity index (χ1) is 22.5. The van der Waals surface area contributed by atoms with Crippen LogP contribution in [0.4, 0.5) is 4.79 Å². The van der Waals surface area contributed by atoms with E-state index in [9.17, 15) is 15.0 Å². The third-order valence-electron chi connectivity index (χ3n) is 16.7. The summed E-state index contributed by atoms with van der Waals surface area (Å²) >= 11 is 0. The molecule has 6 aliphatic carbocycles. The molecule has 0 radical (unpaired) electrons. The Labute approximate surface area is 288 Å². The number of hydrogen-bond acceptors (Lipinski definition) is 8. The van der Waals surface area contributed by atoms with Crippen LogP contribution in [0.25, 0.3) is 0 Å². The highest BCUT2D eigenvalue weighted by molar-refractivity contribution is 5.68. The number of rotatable bonds is 7. The first-order valence-electron chi connectivity index (χ1n) is 19.7. The average Bonchev–Trinajstić information content (AvgIpc) is 3.59. The fraction of sp³-hybridized carbons (Fsp3) is 0.974. The maximum atomic E-state index is 13.2. The van der Waals surface area contributed by atoms with E-state index in [0.717, 1.165) is 64.1 Å². The molecule has 13 atom stereocenters. The number of aliphatic hydroxyl groups is 2. The van der Waals surface area contributed by atoms with Crippen LogP contribution >= 0.6 is 0 Å². The van der Waals surface area contributed by atoms with Crippen molar-refractivity contribution in [1.82, 2.24) is 10.2 Å². The lowest BCUT2D eigenvalue weighted by Crippen LogP contribution is -2.70. The van der Waals surface area contributed by atoms with E-state index in [1.807, 2.05) is 6.92 Å². The van der Waals surface area contributed by atoms with Gasteiger partial charge in [-0.1, -0.05) is 34.1 Å². The molecule has 0 aromatic carbocycles. The molecule has 8 aliphatic rings. The minimum Gasteiger partial charge on any atom is -0.446 e. The maximum absolute atomic E-state index is 13.2. The third kappa shape index (κ3) is 4.45. The van der Waals surface area contributed by atoms with Crippen molar-refractivity contribution in [3.8, 4) is 0 Å². The van der Waals surface area contributed by atoms with Gasteiger partial charge in [-0.25, -0.2) is 4.79 Å². The number of nitrogens with two attached hydrogens (primary N) is 1. The molecule has 2 saturated heterocycles. The van der Waals surface area contributed by atoms with Crippen LogP contribution in [0.15, 0.2) is 0 Å². The number of alkyl carbamates (subject to hydrolysis) is 1. The van der Waals surface area contributed by atoms with E-state index in [2.05, 4.69) is 37.9 Å². The second-order valence-electron chi connectivity index (χ2n) is 19.5. The van der Waals surface area contributed by atoms with Gasteiger partial charge < -0.3 is 35.5 Å². The third-order valence-corrected chi connectivity index (χ3v) is 16.7. The second kappa shape index (κ2) is 11.0. The number of nitrogens with zero attached hydrogens (tertiary/aromatic N) is 1. The number of carbonyl (C=O) groups is 1. The molecule has 8 fully saturated rings. The van der Waals surface area contributed by atoms with Gasteiger partial charge in [0, 0.05) is 31.2 Å². The number of ether oxygens (including phenoxy) is 3. The van der Waals surface area contributed by atoms with Crippen molar-refractivity contribution in [3.63, 3.8) is 0 Å². The molecule has 9 heteroatoms. The van der Waals surface area contributed by atoms with Gasteiger partial charge in [0.15, 0.2) is 0 Å². The zero-order chi connectivity index (χ0) is 34.2. The predicted octanol–water partition coefficient (Wildman–Crippen LogP) is 5.00. The van der Waals surface area contributed by atoms with Crippen molar-refractivity contribution in [2.75, 3.05) is 19.7 Å². The van der Waals surface area contributed by atoms with E-state index >= 15 is 0 Å². The molecule has 48 heavy (non-hydrogen) atoms. The van der Waals surface area contributed by atoms with E-state index in [0.29, 0.717) is 18.4 Å². The number of amides is 1. The Morgan fingerprint density at radius 3 is 2.40 bits per heavy atom. The molecular formula is C39H65N3O6. The van der Waals surface area contributed by atoms with Crippen LogP contribution in [0.2, 0.25) is 0 Å². The fourth-order valence-corrected chi connectivity index (χ4v) is 14.3. The molecule has 2 spiro atoms. The van der Waals surface area contributed by atoms with Gasteiger partial charge in [-0.2, -0.15) is 0 Å². The number of nitrogens with one attached hydrogen (secondary N) is 1. The number of hydrogen-bond donors (Lipinski definition) is 4. The highest BCUT2D eigenvalue weighted by Crippen LogP contribution is 2.87. The summed E-state index contributed by atoms with van der Waals surface area (Å²) < 4.78 is 19.2. The summed E-state index contributed by atoms with van der Waals surface area (Å²) in [4.78, 5) is 15.7. The zero-order valence-corrected chi connectivity index (χ0v) is 30.8. The fourth-order valence-electron chi connectivity index (χ4n) is 14.3. The molecule has 272 valence electrons. The molecular weight excluding hydrogens is 606 g/mol. The van der Waals surface area contributed by atoms with E-state index in [1.54, 1.807) is 13.8 Å². The number of carbonyl (C=O) groups excluding carboxylic acids is 1. The number of aliphatic hydroxyl groups excluding tert-OH is 1. The van der Waals surface area contributed by atoms with Crippen LogP contribution in [0.1, 0.15) is 119 Å². The molecule has 2 aliphatic heterocycles. The van der Waals surface area contributed by atoms with Crippen molar-refractivity contribution in [2.24, 2.45) is 51.1 Å². The van der Waals surface area contributed by atoms with Crippen LogP contribution in [-0.2, 0) is 14.2 Å². The van der Waals surface area contributed by atoms with Crippen LogP contribution < -0.4 is 11.1 Å². The van der Waals surface area contributed by atoms with Crippen molar-refractivity contribution in [3.05, 3.63) is 0 Å². The number of fused-ring (bicyclic) bond motifs is 4. The van der Waals surface area contributed by atoms with Gasteiger partial charge in [-0.15, -0.1) is 0 Å². The Morgan fingerprint density at radius 2 is 1.75 bits per heavy atom. The largest absolute Gasteiger partial charge is 0.446 e. The topological polar surface area (TPSA) is 127 Å². The van der Waals surface area contributed by atoms with Crippen molar-refractivity contribution >= 4 is 6.09 Å². The van der Waals surface area contributed by atoms with Crippen molar-refractivity contribution in [2.45, 2.75) is 173 Å². The molecule has 1 amide bonds. The minimum absolute atomic E-state index is 0.0917. The van der Waals surface area contributed by atoms with Crippen molar-refractivity contribution < 1.29 is 29.2 Å². The molecule has 8 rings (SSSR count). The predicted molar refractivity (Wildman–Crippen MR) is 183 cm³/mol. The van der Waals surface area contributed by atoms with E-state index in [-0.39, 0.29) is 63.9 Å². The van der Waals surface area contributed by atoms with Gasteiger partial charge in [0.2, 0.25) is 0 Å². The first-order valence-corrected chi connectivity index (χ1v) is 19.7. The van der Waals surface area contributed by atoms with E-state index in [1.165, 1.54) is 25.7 Å². The lowest BCUT2D eigenvalue weighted by atomic mass is 9.43. The van der Waals surface area contributed by atoms with Gasteiger partial charge in [-0.05, 0) is 125 Å². The quantitative estimate of drug-likeness (QED) is 0.298. The second-order valence-corrected chi connectivity index (χ2v) is 19.5. The highest BCUT2D eigenvalue weighted by atomic mass is 16.6. The zero-order valence-electron chi connectivity index (χ0n) is 30.8. The lowest BCUT2D eigenvalue weighted by molar-refractivity contribution is -0.214. The summed E-state index contributed by atoms with van der Waals surface area (Å²) in [5, 5.41) is 26.7. The van der Waals surface area contributed by atoms with Crippen LogP contribution in [0, 0.1) is 45.3 Å².